The molecule has 176 valence electrons. The van der Waals surface area contributed by atoms with Crippen molar-refractivity contribution in [2.45, 2.75) is 40.0 Å². The Morgan fingerprint density at radius 1 is 0.719 bits per heavy atom. The van der Waals surface area contributed by atoms with Crippen molar-refractivity contribution in [2.75, 3.05) is 14.2 Å². The molecule has 0 aromatic heterocycles. The van der Waals surface area contributed by atoms with Gasteiger partial charge in [0.1, 0.15) is 14.2 Å². The second-order valence-corrected chi connectivity index (χ2v) is 6.79. The minimum Gasteiger partial charge on any atom is -0.399 e. The van der Waals surface area contributed by atoms with E-state index >= 15 is 0 Å². The van der Waals surface area contributed by atoms with Gasteiger partial charge in [-0.3, -0.25) is 0 Å². The minimum absolute atomic E-state index is 0.0595. The SMILES string of the molecule is CO/N=C(\C)c1ccc(C(F)(F)F)cc1C(F)(F)F.CO/N=C(\C)c1ccc(C)cc1C. The summed E-state index contributed by atoms with van der Waals surface area (Å²) in [5.41, 5.74) is 1.18. The Morgan fingerprint density at radius 3 is 1.66 bits per heavy atom. The molecule has 0 atom stereocenters. The smallest absolute Gasteiger partial charge is 0.399 e. The Kier molecular flexibility index (Phi) is 9.29. The van der Waals surface area contributed by atoms with Crippen LogP contribution in [-0.2, 0) is 22.0 Å². The van der Waals surface area contributed by atoms with Crippen LogP contribution >= 0.6 is 0 Å². The summed E-state index contributed by atoms with van der Waals surface area (Å²) >= 11 is 0. The maximum atomic E-state index is 12.8. The molecule has 4 nitrogen and oxygen atoms in total. The Hall–Kier alpha value is -3.04. The average molecular weight is 462 g/mol. The second kappa shape index (κ2) is 11.0. The third kappa shape index (κ3) is 7.58. The van der Waals surface area contributed by atoms with E-state index in [4.69, 9.17) is 4.84 Å². The Bertz CT molecular complexity index is 979. The third-order valence-corrected chi connectivity index (χ3v) is 4.27. The van der Waals surface area contributed by atoms with E-state index in [1.165, 1.54) is 18.1 Å². The van der Waals surface area contributed by atoms with Crippen LogP contribution in [0, 0.1) is 13.8 Å². The molecule has 0 spiro atoms. The quantitative estimate of drug-likeness (QED) is 0.286. The number of hydrogen-bond donors (Lipinski definition) is 0. The van der Waals surface area contributed by atoms with Crippen molar-refractivity contribution in [3.63, 3.8) is 0 Å². The zero-order valence-corrected chi connectivity index (χ0v) is 18.4. The fourth-order valence-corrected chi connectivity index (χ4v) is 2.86. The van der Waals surface area contributed by atoms with Crippen LogP contribution in [0.15, 0.2) is 46.7 Å². The van der Waals surface area contributed by atoms with E-state index in [1.807, 2.05) is 6.92 Å². The van der Waals surface area contributed by atoms with Crippen LogP contribution in [0.3, 0.4) is 0 Å². The summed E-state index contributed by atoms with van der Waals surface area (Å²) in [6.45, 7) is 7.32. The molecule has 0 saturated heterocycles. The van der Waals surface area contributed by atoms with Crippen LogP contribution in [0.4, 0.5) is 26.3 Å². The number of hydrogen-bond acceptors (Lipinski definition) is 4. The molecule has 0 aliphatic carbocycles. The standard InChI is InChI=1S/C11H9F6NO.C11H15NO/c1-6(18-19-2)8-4-3-7(10(12,13)14)5-9(8)11(15,16)17;1-8-5-6-11(9(2)7-8)10(3)12-13-4/h3-5H,1-2H3;5-7H,1-4H3/b18-6+;12-10+. The molecular formula is C22H24F6N2O2. The monoisotopic (exact) mass is 462 g/mol. The zero-order chi connectivity index (χ0) is 24.7. The maximum Gasteiger partial charge on any atom is 0.417 e. The van der Waals surface area contributed by atoms with Crippen LogP contribution in [0.1, 0.15) is 47.2 Å². The lowest BCUT2D eigenvalue weighted by atomic mass is 10.00. The van der Waals surface area contributed by atoms with E-state index < -0.39 is 29.0 Å². The molecular weight excluding hydrogens is 438 g/mol. The van der Waals surface area contributed by atoms with Crippen LogP contribution in [-0.4, -0.2) is 25.6 Å². The van der Waals surface area contributed by atoms with E-state index in [2.05, 4.69) is 47.2 Å². The van der Waals surface area contributed by atoms with Crippen LogP contribution in [0.25, 0.3) is 0 Å². The summed E-state index contributed by atoms with van der Waals surface area (Å²) in [5.74, 6) is 0. The molecule has 2 aromatic carbocycles. The Morgan fingerprint density at radius 2 is 1.22 bits per heavy atom. The predicted molar refractivity (Wildman–Crippen MR) is 111 cm³/mol. The number of oxime groups is 2. The summed E-state index contributed by atoms with van der Waals surface area (Å²) in [6, 6.07) is 7.65. The lowest BCUT2D eigenvalue weighted by molar-refractivity contribution is -0.143. The summed E-state index contributed by atoms with van der Waals surface area (Å²) in [7, 11) is 2.69. The molecule has 0 aliphatic rings. The van der Waals surface area contributed by atoms with Gasteiger partial charge in [0, 0.05) is 11.1 Å². The number of alkyl halides is 6. The predicted octanol–water partition coefficient (Wildman–Crippen LogP) is 6.77. The van der Waals surface area contributed by atoms with Crippen LogP contribution in [0.2, 0.25) is 0 Å². The van der Waals surface area contributed by atoms with Gasteiger partial charge in [-0.05, 0) is 45.4 Å². The molecule has 0 fully saturated rings. The van der Waals surface area contributed by atoms with Crippen LogP contribution in [0.5, 0.6) is 0 Å². The van der Waals surface area contributed by atoms with Gasteiger partial charge in [-0.1, -0.05) is 40.1 Å². The number of aryl methyl sites for hydroxylation is 2. The molecule has 0 amide bonds. The first kappa shape index (κ1) is 27.0. The average Bonchev–Trinajstić information content (AvgIpc) is 2.67. The summed E-state index contributed by atoms with van der Waals surface area (Å²) in [5, 5.41) is 7.20. The Labute approximate surface area is 182 Å². The number of benzene rings is 2. The first-order valence-electron chi connectivity index (χ1n) is 9.24. The molecule has 2 aromatic rings. The van der Waals surface area contributed by atoms with Gasteiger partial charge in [-0.15, -0.1) is 0 Å². The third-order valence-electron chi connectivity index (χ3n) is 4.27. The van der Waals surface area contributed by atoms with Crippen molar-refractivity contribution in [3.8, 4) is 0 Å². The minimum atomic E-state index is -4.92. The van der Waals surface area contributed by atoms with Crippen LogP contribution < -0.4 is 0 Å². The summed E-state index contributed by atoms with van der Waals surface area (Å²) < 4.78 is 75.5. The number of halogens is 6. The van der Waals surface area contributed by atoms with Crippen molar-refractivity contribution in [2.24, 2.45) is 10.3 Å². The van der Waals surface area contributed by atoms with E-state index in [9.17, 15) is 26.3 Å². The molecule has 0 aliphatic heterocycles. The highest BCUT2D eigenvalue weighted by Crippen LogP contribution is 2.37. The maximum absolute atomic E-state index is 12.8. The lowest BCUT2D eigenvalue weighted by Crippen LogP contribution is -2.15. The molecule has 0 bridgehead atoms. The summed E-state index contributed by atoms with van der Waals surface area (Å²) in [4.78, 5) is 9.05. The van der Waals surface area contributed by atoms with Crippen molar-refractivity contribution in [3.05, 3.63) is 69.8 Å². The summed E-state index contributed by atoms with van der Waals surface area (Å²) in [6.07, 6.45) is -9.76. The topological polar surface area (TPSA) is 43.2 Å². The fraction of sp³-hybridized carbons (Fsp3) is 0.364. The van der Waals surface area contributed by atoms with Gasteiger partial charge >= 0.3 is 12.4 Å². The first-order chi connectivity index (χ1) is 14.7. The van der Waals surface area contributed by atoms with E-state index in [-0.39, 0.29) is 11.8 Å². The highest BCUT2D eigenvalue weighted by Gasteiger charge is 2.38. The largest absolute Gasteiger partial charge is 0.417 e. The van der Waals surface area contributed by atoms with Crippen molar-refractivity contribution in [1.82, 2.24) is 0 Å². The first-order valence-corrected chi connectivity index (χ1v) is 9.24. The molecule has 32 heavy (non-hydrogen) atoms. The van der Waals surface area contributed by atoms with E-state index in [0.717, 1.165) is 24.5 Å². The van der Waals surface area contributed by atoms with Gasteiger partial charge < -0.3 is 9.68 Å². The normalized spacial score (nSPS) is 12.8. The molecule has 0 unspecified atom stereocenters. The highest BCUT2D eigenvalue weighted by atomic mass is 19.4. The van der Waals surface area contributed by atoms with Gasteiger partial charge in [-0.2, -0.15) is 26.3 Å². The molecule has 0 N–H and O–H groups in total. The van der Waals surface area contributed by atoms with Gasteiger partial charge in [0.25, 0.3) is 0 Å². The molecule has 0 heterocycles. The van der Waals surface area contributed by atoms with E-state index in [1.54, 1.807) is 7.11 Å². The van der Waals surface area contributed by atoms with Gasteiger partial charge in [-0.25, -0.2) is 0 Å². The van der Waals surface area contributed by atoms with Gasteiger partial charge in [0.2, 0.25) is 0 Å². The van der Waals surface area contributed by atoms with Crippen molar-refractivity contribution in [1.29, 1.82) is 0 Å². The molecule has 0 radical (unpaired) electrons. The molecule has 0 saturated carbocycles. The number of nitrogens with zero attached hydrogens (tertiary/aromatic N) is 2. The number of rotatable bonds is 4. The van der Waals surface area contributed by atoms with E-state index in [0.29, 0.717) is 6.07 Å². The second-order valence-electron chi connectivity index (χ2n) is 6.79. The lowest BCUT2D eigenvalue weighted by Gasteiger charge is -2.15. The highest BCUT2D eigenvalue weighted by molar-refractivity contribution is 6.00. The zero-order valence-electron chi connectivity index (χ0n) is 18.4. The van der Waals surface area contributed by atoms with Crippen molar-refractivity contribution < 1.29 is 36.0 Å². The Balaban J connectivity index is 0.000000343. The van der Waals surface area contributed by atoms with Gasteiger partial charge in [0.05, 0.1) is 22.6 Å². The van der Waals surface area contributed by atoms with Gasteiger partial charge in [0.15, 0.2) is 0 Å². The molecule has 2 rings (SSSR count). The molecule has 10 heteroatoms. The fourth-order valence-electron chi connectivity index (χ4n) is 2.86. The van der Waals surface area contributed by atoms with Crippen molar-refractivity contribution >= 4 is 11.4 Å².